The van der Waals surface area contributed by atoms with Crippen LogP contribution in [0.5, 0.6) is 11.5 Å². The first-order valence-electron chi connectivity index (χ1n) is 13.2. The van der Waals surface area contributed by atoms with Crippen LogP contribution < -0.4 is 19.1 Å². The van der Waals surface area contributed by atoms with Crippen LogP contribution in [0.15, 0.2) is 71.1 Å². The molecule has 0 saturated carbocycles. The number of nitrogens with one attached hydrogen (secondary N) is 1. The quantitative estimate of drug-likeness (QED) is 0.235. The van der Waals surface area contributed by atoms with Crippen LogP contribution in [-0.2, 0) is 29.4 Å². The molecule has 12 heteroatoms. The number of hydrogen-bond acceptors (Lipinski definition) is 8. The maximum absolute atomic E-state index is 15.8. The molecule has 3 aromatic carbocycles. The molecule has 1 aliphatic carbocycles. The molecular formula is C30H32ClFN4O4S2. The number of hydrogen-bond donors (Lipinski definition) is 1. The van der Waals surface area contributed by atoms with Crippen LogP contribution in [0, 0.1) is 5.82 Å². The molecule has 222 valence electrons. The Labute approximate surface area is 254 Å². The van der Waals surface area contributed by atoms with Gasteiger partial charge in [-0.3, -0.25) is 0 Å². The van der Waals surface area contributed by atoms with Crippen LogP contribution in [0.2, 0.25) is 5.02 Å². The molecule has 1 aromatic heterocycles. The van der Waals surface area contributed by atoms with Crippen LogP contribution >= 0.6 is 22.9 Å². The summed E-state index contributed by atoms with van der Waals surface area (Å²) in [6.07, 6.45) is 3.04. The number of ether oxygens (including phenoxy) is 2. The molecule has 1 unspecified atom stereocenters. The zero-order valence-electron chi connectivity index (χ0n) is 23.7. The molecule has 1 aliphatic rings. The molecule has 0 radical (unpaired) electrons. The molecular weight excluding hydrogens is 599 g/mol. The lowest BCUT2D eigenvalue weighted by atomic mass is 9.84. The number of aromatic nitrogens is 1. The molecule has 0 amide bonds. The van der Waals surface area contributed by atoms with Crippen molar-refractivity contribution < 1.29 is 22.3 Å². The van der Waals surface area contributed by atoms with Gasteiger partial charge >= 0.3 is 0 Å². The molecule has 1 N–H and O–H groups in total. The van der Waals surface area contributed by atoms with E-state index in [4.69, 9.17) is 21.1 Å². The van der Waals surface area contributed by atoms with E-state index in [1.165, 1.54) is 37.6 Å². The predicted molar refractivity (Wildman–Crippen MR) is 165 cm³/mol. The van der Waals surface area contributed by atoms with Crippen molar-refractivity contribution in [1.82, 2.24) is 9.88 Å². The number of halogens is 2. The highest BCUT2D eigenvalue weighted by molar-refractivity contribution is 7.93. The Hall–Kier alpha value is -3.38. The lowest BCUT2D eigenvalue weighted by Gasteiger charge is -2.38. The molecule has 2 atom stereocenters. The second kappa shape index (κ2) is 12.5. The average molecular weight is 631 g/mol. The number of sulfonamides is 1. The Kier molecular flexibility index (Phi) is 8.93. The summed E-state index contributed by atoms with van der Waals surface area (Å²) >= 11 is 7.78. The third kappa shape index (κ3) is 6.05. The van der Waals surface area contributed by atoms with Gasteiger partial charge in [-0.05, 0) is 62.3 Å². The van der Waals surface area contributed by atoms with E-state index < -0.39 is 20.7 Å². The Bertz CT molecular complexity index is 1670. The van der Waals surface area contributed by atoms with E-state index in [-0.39, 0.29) is 28.8 Å². The van der Waals surface area contributed by atoms with E-state index in [0.717, 1.165) is 34.6 Å². The first-order valence-corrected chi connectivity index (χ1v) is 15.9. The maximum atomic E-state index is 15.8. The van der Waals surface area contributed by atoms with Gasteiger partial charge in [-0.25, -0.2) is 22.1 Å². The van der Waals surface area contributed by atoms with Gasteiger partial charge in [-0.2, -0.15) is 0 Å². The number of benzene rings is 3. The van der Waals surface area contributed by atoms with Crippen LogP contribution in [0.1, 0.15) is 16.7 Å². The molecule has 8 nitrogen and oxygen atoms in total. The van der Waals surface area contributed by atoms with Crippen LogP contribution in [0.3, 0.4) is 0 Å². The van der Waals surface area contributed by atoms with E-state index >= 15 is 4.39 Å². The fourth-order valence-corrected chi connectivity index (χ4v) is 7.90. The second-order valence-electron chi connectivity index (χ2n) is 10.2. The van der Waals surface area contributed by atoms with Gasteiger partial charge < -0.3 is 19.7 Å². The van der Waals surface area contributed by atoms with Gasteiger partial charge in [0.05, 0.1) is 31.5 Å². The molecule has 0 spiro atoms. The van der Waals surface area contributed by atoms with Crippen LogP contribution in [0.25, 0.3) is 0 Å². The minimum atomic E-state index is -4.43. The minimum absolute atomic E-state index is 0.0661. The monoisotopic (exact) mass is 630 g/mol. The summed E-state index contributed by atoms with van der Waals surface area (Å²) in [6, 6.07) is 15.7. The highest BCUT2D eigenvalue weighted by Gasteiger charge is 2.34. The van der Waals surface area contributed by atoms with Crippen molar-refractivity contribution >= 4 is 43.8 Å². The number of methoxy groups -OCH3 is 2. The van der Waals surface area contributed by atoms with Gasteiger partial charge in [0.1, 0.15) is 22.2 Å². The highest BCUT2D eigenvalue weighted by atomic mass is 35.5. The first kappa shape index (κ1) is 30.1. The Morgan fingerprint density at radius 3 is 2.45 bits per heavy atom. The minimum Gasteiger partial charge on any atom is -0.497 e. The number of anilines is 2. The summed E-state index contributed by atoms with van der Waals surface area (Å²) in [5, 5.41) is 5.34. The molecule has 0 bridgehead atoms. The third-order valence-corrected chi connectivity index (χ3v) is 10.5. The summed E-state index contributed by atoms with van der Waals surface area (Å²) in [4.78, 5) is 5.80. The average Bonchev–Trinajstić information content (AvgIpc) is 3.51. The molecule has 1 heterocycles. The second-order valence-corrected chi connectivity index (χ2v) is 13.3. The van der Waals surface area contributed by atoms with E-state index in [1.807, 2.05) is 26.2 Å². The third-order valence-electron chi connectivity index (χ3n) is 7.49. The standard InChI is InChI=1S/C30H32ClFN4O4S2/c1-35(2)27-14-20-8-6-5-7-19(20)13-26(27)34-25-17-24(32)29(16-23(25)31)42(37,38)36(30-33-11-12-41-30)18-21-9-10-22(39-3)15-28(21)40-4/h5-12,15-17,26-27,34H,13-14,18H2,1-4H3/t26?,27-/m0/s1. The SMILES string of the molecule is COc1ccc(CN(c2nccs2)S(=O)(=O)c2cc(Cl)c(NC3Cc4ccccc4C[C@@H]3N(C)C)cc2F)c(OC)c1. The van der Waals surface area contributed by atoms with Crippen molar-refractivity contribution in [2.24, 2.45) is 0 Å². The van der Waals surface area contributed by atoms with Gasteiger partial charge in [-0.1, -0.05) is 35.9 Å². The fourth-order valence-electron chi connectivity index (χ4n) is 5.27. The molecule has 0 aliphatic heterocycles. The van der Waals surface area contributed by atoms with Gasteiger partial charge in [0.25, 0.3) is 10.0 Å². The Morgan fingerprint density at radius 2 is 1.81 bits per heavy atom. The summed E-state index contributed by atoms with van der Waals surface area (Å²) in [5.74, 6) is 0.0644. The summed E-state index contributed by atoms with van der Waals surface area (Å²) in [6.45, 7) is -0.147. The van der Waals surface area contributed by atoms with Crippen molar-refractivity contribution in [1.29, 1.82) is 0 Å². The number of likely N-dealkylation sites (N-methyl/N-ethyl adjacent to an activating group) is 1. The lowest BCUT2D eigenvalue weighted by Crippen LogP contribution is -2.48. The fraction of sp³-hybridized carbons (Fsp3) is 0.300. The van der Waals surface area contributed by atoms with Gasteiger partial charge in [-0.15, -0.1) is 11.3 Å². The maximum Gasteiger partial charge on any atom is 0.269 e. The zero-order valence-corrected chi connectivity index (χ0v) is 26.1. The number of thiazole rings is 1. The number of nitrogens with zero attached hydrogens (tertiary/aromatic N) is 3. The largest absolute Gasteiger partial charge is 0.497 e. The molecule has 42 heavy (non-hydrogen) atoms. The normalized spacial score (nSPS) is 16.6. The van der Waals surface area contributed by atoms with Gasteiger partial charge in [0, 0.05) is 35.3 Å². The number of fused-ring (bicyclic) bond motifs is 1. The van der Waals surface area contributed by atoms with Crippen molar-refractivity contribution in [2.75, 3.05) is 37.9 Å². The van der Waals surface area contributed by atoms with Gasteiger partial charge in [0.15, 0.2) is 5.13 Å². The molecule has 0 saturated heterocycles. The van der Waals surface area contributed by atoms with E-state index in [2.05, 4.69) is 27.3 Å². The summed E-state index contributed by atoms with van der Waals surface area (Å²) in [7, 11) is 2.60. The summed E-state index contributed by atoms with van der Waals surface area (Å²) < 4.78 is 55.6. The molecule has 0 fully saturated rings. The zero-order chi connectivity index (χ0) is 30.0. The predicted octanol–water partition coefficient (Wildman–Crippen LogP) is 5.86. The smallest absolute Gasteiger partial charge is 0.269 e. The van der Waals surface area contributed by atoms with Crippen molar-refractivity contribution in [3.05, 3.63) is 93.7 Å². The Morgan fingerprint density at radius 1 is 1.07 bits per heavy atom. The first-order chi connectivity index (χ1) is 20.1. The highest BCUT2D eigenvalue weighted by Crippen LogP contribution is 2.36. The van der Waals surface area contributed by atoms with E-state index in [9.17, 15) is 8.42 Å². The molecule has 4 aromatic rings. The summed E-state index contributed by atoms with van der Waals surface area (Å²) in [5.41, 5.74) is 3.39. The lowest BCUT2D eigenvalue weighted by molar-refractivity contribution is 0.250. The van der Waals surface area contributed by atoms with E-state index in [1.54, 1.807) is 23.6 Å². The van der Waals surface area contributed by atoms with Crippen molar-refractivity contribution in [3.8, 4) is 11.5 Å². The van der Waals surface area contributed by atoms with E-state index in [0.29, 0.717) is 22.7 Å². The Balaban J connectivity index is 1.48. The van der Waals surface area contributed by atoms with Gasteiger partial charge in [0.2, 0.25) is 0 Å². The topological polar surface area (TPSA) is 84.0 Å². The van der Waals surface area contributed by atoms with Crippen molar-refractivity contribution in [2.45, 2.75) is 36.4 Å². The molecule has 5 rings (SSSR count). The number of rotatable bonds is 10. The van der Waals surface area contributed by atoms with Crippen molar-refractivity contribution in [3.63, 3.8) is 0 Å². The van der Waals surface area contributed by atoms with Crippen LogP contribution in [-0.4, -0.2) is 58.7 Å². The van der Waals surface area contributed by atoms with Crippen LogP contribution in [0.4, 0.5) is 15.2 Å².